The lowest BCUT2D eigenvalue weighted by Gasteiger charge is -2.15. The molecule has 0 aliphatic heterocycles. The molecule has 102 valence electrons. The molecule has 3 N–H and O–H groups in total. The number of hydrogen-bond acceptors (Lipinski definition) is 2. The van der Waals surface area contributed by atoms with E-state index in [1.165, 1.54) is 0 Å². The van der Waals surface area contributed by atoms with Crippen LogP contribution in [-0.2, 0) is 0 Å². The van der Waals surface area contributed by atoms with E-state index in [0.29, 0.717) is 5.56 Å². The third kappa shape index (κ3) is 4.23. The van der Waals surface area contributed by atoms with E-state index in [0.717, 1.165) is 11.1 Å². The van der Waals surface area contributed by atoms with Crippen molar-refractivity contribution in [3.05, 3.63) is 34.9 Å². The number of nitrogens with two attached hydrogens (primary N) is 1. The summed E-state index contributed by atoms with van der Waals surface area (Å²) >= 11 is 0. The third-order valence-electron chi connectivity index (χ3n) is 2.66. The molecule has 1 rings (SSSR count). The summed E-state index contributed by atoms with van der Waals surface area (Å²) in [5, 5.41) is 2.19. The lowest BCUT2D eigenvalue weighted by Crippen LogP contribution is -2.41. The molecule has 0 spiro atoms. The van der Waals surface area contributed by atoms with Gasteiger partial charge in [-0.15, -0.1) is 12.4 Å². The molecule has 6 heteroatoms. The number of hydrogen-bond donors (Lipinski definition) is 2. The van der Waals surface area contributed by atoms with E-state index in [-0.39, 0.29) is 12.4 Å². The number of benzene rings is 1. The second kappa shape index (κ2) is 6.66. The van der Waals surface area contributed by atoms with Gasteiger partial charge in [0.2, 0.25) is 0 Å². The van der Waals surface area contributed by atoms with Gasteiger partial charge >= 0.3 is 0 Å². The molecule has 1 amide bonds. The largest absolute Gasteiger partial charge is 0.346 e. The minimum absolute atomic E-state index is 0. The van der Waals surface area contributed by atoms with Gasteiger partial charge in [0.1, 0.15) is 0 Å². The second-order valence-corrected chi connectivity index (χ2v) is 3.99. The molecule has 0 atom stereocenters. The van der Waals surface area contributed by atoms with Crippen LogP contribution in [0.1, 0.15) is 21.5 Å². The third-order valence-corrected chi connectivity index (χ3v) is 2.66. The molecule has 1 aromatic rings. The molecule has 0 aliphatic carbocycles. The maximum Gasteiger partial charge on any atom is 0.277 e. The lowest BCUT2D eigenvalue weighted by molar-refractivity contribution is 0.0118. The zero-order valence-corrected chi connectivity index (χ0v) is 11.1. The molecule has 0 fully saturated rings. The molecule has 0 heterocycles. The van der Waals surface area contributed by atoms with Gasteiger partial charge in [0.25, 0.3) is 11.8 Å². The first-order valence-electron chi connectivity index (χ1n) is 5.30. The Morgan fingerprint density at radius 2 is 2.00 bits per heavy atom. The van der Waals surface area contributed by atoms with Crippen molar-refractivity contribution in [2.75, 3.05) is 13.1 Å². The van der Waals surface area contributed by atoms with Gasteiger partial charge in [-0.05, 0) is 31.0 Å². The van der Waals surface area contributed by atoms with Crippen molar-refractivity contribution in [3.8, 4) is 0 Å². The van der Waals surface area contributed by atoms with Crippen LogP contribution in [0.3, 0.4) is 0 Å². The number of aryl methyl sites for hydroxylation is 1. The quantitative estimate of drug-likeness (QED) is 0.886. The van der Waals surface area contributed by atoms with E-state index >= 15 is 0 Å². The van der Waals surface area contributed by atoms with Gasteiger partial charge in [-0.3, -0.25) is 4.79 Å². The van der Waals surface area contributed by atoms with Crippen LogP contribution in [0.5, 0.6) is 0 Å². The fraction of sp³-hybridized carbons (Fsp3) is 0.417. The zero-order chi connectivity index (χ0) is 13.1. The maximum atomic E-state index is 12.9. The fourth-order valence-electron chi connectivity index (χ4n) is 1.37. The predicted octanol–water partition coefficient (Wildman–Crippen LogP) is 2.05. The standard InChI is InChI=1S/C12H16F2N2O.ClH/c1-8-4-3-5-10(9(8)2)11(17)16-7-12(13,14)6-15;/h3-5H,6-7,15H2,1-2H3,(H,16,17);1H. The summed E-state index contributed by atoms with van der Waals surface area (Å²) in [4.78, 5) is 11.7. The average molecular weight is 279 g/mol. The summed E-state index contributed by atoms with van der Waals surface area (Å²) in [5.41, 5.74) is 7.04. The summed E-state index contributed by atoms with van der Waals surface area (Å²) in [7, 11) is 0. The van der Waals surface area contributed by atoms with Gasteiger partial charge in [0.05, 0.1) is 13.1 Å². The summed E-state index contributed by atoms with van der Waals surface area (Å²) in [6, 6.07) is 5.19. The summed E-state index contributed by atoms with van der Waals surface area (Å²) in [6.45, 7) is 2.13. The highest BCUT2D eigenvalue weighted by Crippen LogP contribution is 2.13. The van der Waals surface area contributed by atoms with Crippen molar-refractivity contribution < 1.29 is 13.6 Å². The predicted molar refractivity (Wildman–Crippen MR) is 69.5 cm³/mol. The highest BCUT2D eigenvalue weighted by Gasteiger charge is 2.27. The molecule has 0 aliphatic rings. The number of amides is 1. The molecule has 0 aromatic heterocycles. The molecule has 0 unspecified atom stereocenters. The Balaban J connectivity index is 0.00000289. The van der Waals surface area contributed by atoms with Gasteiger partial charge in [-0.1, -0.05) is 12.1 Å². The summed E-state index contributed by atoms with van der Waals surface area (Å²) in [5.74, 6) is -3.56. The van der Waals surface area contributed by atoms with Gasteiger partial charge in [0.15, 0.2) is 0 Å². The van der Waals surface area contributed by atoms with Crippen LogP contribution in [0, 0.1) is 13.8 Å². The number of halogens is 3. The normalized spacial score (nSPS) is 10.7. The van der Waals surface area contributed by atoms with Crippen molar-refractivity contribution in [1.82, 2.24) is 5.32 Å². The molecule has 1 aromatic carbocycles. The van der Waals surface area contributed by atoms with Crippen LogP contribution in [0.25, 0.3) is 0 Å². The van der Waals surface area contributed by atoms with Crippen molar-refractivity contribution in [1.29, 1.82) is 0 Å². The van der Waals surface area contributed by atoms with E-state index in [1.807, 2.05) is 13.0 Å². The van der Waals surface area contributed by atoms with Crippen molar-refractivity contribution in [2.45, 2.75) is 19.8 Å². The summed E-state index contributed by atoms with van der Waals surface area (Å²) in [6.07, 6.45) is 0. The van der Waals surface area contributed by atoms with Gasteiger partial charge in [-0.2, -0.15) is 0 Å². The Bertz CT molecular complexity index is 425. The van der Waals surface area contributed by atoms with Gasteiger partial charge < -0.3 is 11.1 Å². The first-order chi connectivity index (χ1) is 7.87. The molecule has 0 bridgehead atoms. The van der Waals surface area contributed by atoms with E-state index in [9.17, 15) is 13.6 Å². The Hall–Kier alpha value is -1.20. The molecule has 0 radical (unpaired) electrons. The first kappa shape index (κ1) is 16.8. The highest BCUT2D eigenvalue weighted by molar-refractivity contribution is 5.95. The number of carbonyl (C=O) groups excluding carboxylic acids is 1. The van der Waals surface area contributed by atoms with Gasteiger partial charge in [0, 0.05) is 5.56 Å². The molecular formula is C12H17ClF2N2O. The van der Waals surface area contributed by atoms with Crippen LogP contribution in [0.15, 0.2) is 18.2 Å². The van der Waals surface area contributed by atoms with Crippen LogP contribution in [0.2, 0.25) is 0 Å². The zero-order valence-electron chi connectivity index (χ0n) is 10.3. The Morgan fingerprint density at radius 1 is 1.39 bits per heavy atom. The number of nitrogens with one attached hydrogen (secondary N) is 1. The minimum atomic E-state index is -3.06. The topological polar surface area (TPSA) is 55.1 Å². The molecule has 18 heavy (non-hydrogen) atoms. The first-order valence-corrected chi connectivity index (χ1v) is 5.30. The van der Waals surface area contributed by atoms with Crippen molar-refractivity contribution >= 4 is 18.3 Å². The average Bonchev–Trinajstić information content (AvgIpc) is 2.30. The molecule has 3 nitrogen and oxygen atoms in total. The second-order valence-electron chi connectivity index (χ2n) is 3.99. The van der Waals surface area contributed by atoms with Crippen LogP contribution in [0.4, 0.5) is 8.78 Å². The maximum absolute atomic E-state index is 12.9. The smallest absolute Gasteiger partial charge is 0.277 e. The Kier molecular flexibility index (Phi) is 6.21. The monoisotopic (exact) mass is 278 g/mol. The number of rotatable bonds is 4. The SMILES string of the molecule is Cc1cccc(C(=O)NCC(F)(F)CN)c1C.Cl. The Labute approximate surface area is 111 Å². The lowest BCUT2D eigenvalue weighted by atomic mass is 10.0. The van der Waals surface area contributed by atoms with Crippen molar-refractivity contribution in [2.24, 2.45) is 5.73 Å². The molecule has 0 saturated heterocycles. The minimum Gasteiger partial charge on any atom is -0.346 e. The highest BCUT2D eigenvalue weighted by atomic mass is 35.5. The van der Waals surface area contributed by atoms with Crippen LogP contribution < -0.4 is 11.1 Å². The Morgan fingerprint density at radius 3 is 2.56 bits per heavy atom. The van der Waals surface area contributed by atoms with E-state index in [1.54, 1.807) is 19.1 Å². The van der Waals surface area contributed by atoms with E-state index in [2.05, 4.69) is 5.32 Å². The van der Waals surface area contributed by atoms with Crippen molar-refractivity contribution in [3.63, 3.8) is 0 Å². The van der Waals surface area contributed by atoms with Crippen LogP contribution >= 0.6 is 12.4 Å². The molecule has 0 saturated carbocycles. The van der Waals surface area contributed by atoms with E-state index < -0.39 is 24.9 Å². The van der Waals surface area contributed by atoms with E-state index in [4.69, 9.17) is 5.73 Å². The summed E-state index contributed by atoms with van der Waals surface area (Å²) < 4.78 is 25.7. The fourth-order valence-corrected chi connectivity index (χ4v) is 1.37. The molecular weight excluding hydrogens is 262 g/mol. The number of carbonyl (C=O) groups is 1. The van der Waals surface area contributed by atoms with Crippen LogP contribution in [-0.4, -0.2) is 24.9 Å². The van der Waals surface area contributed by atoms with Gasteiger partial charge in [-0.25, -0.2) is 8.78 Å². The number of alkyl halides is 2.